The minimum atomic E-state index is -5.26. The molecular weight excluding hydrogens is 779 g/mol. The van der Waals surface area contributed by atoms with E-state index in [1.54, 1.807) is 41.2 Å². The zero-order valence-corrected chi connectivity index (χ0v) is 28.0. The molecule has 262 valence electrons. The number of alkyl halides is 6. The van der Waals surface area contributed by atoms with Gasteiger partial charge in [0.25, 0.3) is 0 Å². The summed E-state index contributed by atoms with van der Waals surface area (Å²) in [7, 11) is 0. The van der Waals surface area contributed by atoms with Gasteiger partial charge < -0.3 is 27.2 Å². The van der Waals surface area contributed by atoms with Crippen LogP contribution < -0.4 is 20.4 Å². The number of carbonyl (C=O) groups is 3. The van der Waals surface area contributed by atoms with E-state index in [2.05, 4.69) is 4.84 Å². The van der Waals surface area contributed by atoms with Crippen molar-refractivity contribution < 1.29 is 58.1 Å². The maximum absolute atomic E-state index is 13.8. The molecule has 0 fully saturated rings. The number of benzene rings is 3. The normalized spacial score (nSPS) is 16.4. The number of hydrogen-bond acceptors (Lipinski definition) is 8. The summed E-state index contributed by atoms with van der Waals surface area (Å²) in [5.41, 5.74) is -0.833. The van der Waals surface area contributed by atoms with Crippen LogP contribution in [0.2, 0.25) is 0 Å². The van der Waals surface area contributed by atoms with Gasteiger partial charge in [-0.15, -0.1) is 0 Å². The van der Waals surface area contributed by atoms with Crippen LogP contribution in [0.3, 0.4) is 0 Å². The second-order valence-corrected chi connectivity index (χ2v) is 11.9. The number of nitrogens with two attached hydrogens (primary N) is 1. The molecule has 0 bridgehead atoms. The van der Waals surface area contributed by atoms with Crippen molar-refractivity contribution in [1.29, 1.82) is 0 Å². The largest absolute Gasteiger partial charge is 0.471 e. The fourth-order valence-electron chi connectivity index (χ4n) is 6.09. The third kappa shape index (κ3) is 6.68. The van der Waals surface area contributed by atoms with Crippen LogP contribution in [0.15, 0.2) is 48.5 Å². The van der Waals surface area contributed by atoms with Gasteiger partial charge in [0.2, 0.25) is 0 Å². The van der Waals surface area contributed by atoms with Crippen molar-refractivity contribution in [3.63, 3.8) is 0 Å². The van der Waals surface area contributed by atoms with Crippen LogP contribution in [0.4, 0.5) is 37.7 Å². The van der Waals surface area contributed by atoms with Gasteiger partial charge in [-0.1, -0.05) is 18.2 Å². The number of fused-ring (bicyclic) bond motifs is 6. The monoisotopic (exact) mass is 807 g/mol. The average Bonchev–Trinajstić information content (AvgIpc) is 3.33. The first-order valence-corrected chi connectivity index (χ1v) is 15.6. The summed E-state index contributed by atoms with van der Waals surface area (Å²) in [6.07, 6.45) is -10.5. The molecule has 3 aromatic rings. The molecular formula is C32H28F6IN3O7. The predicted octanol–water partition coefficient (Wildman–Crippen LogP) is 6.70. The van der Waals surface area contributed by atoms with Crippen molar-refractivity contribution in [2.24, 2.45) is 5.90 Å². The molecule has 2 amide bonds. The second-order valence-electron chi connectivity index (χ2n) is 11.3. The van der Waals surface area contributed by atoms with Crippen molar-refractivity contribution in [3.8, 4) is 11.5 Å². The van der Waals surface area contributed by atoms with Gasteiger partial charge in [-0.05, 0) is 56.0 Å². The van der Waals surface area contributed by atoms with Crippen LogP contribution in [-0.2, 0) is 27.8 Å². The lowest BCUT2D eigenvalue weighted by Crippen LogP contribution is -2.43. The van der Waals surface area contributed by atoms with Gasteiger partial charge in [0.15, 0.2) is 5.60 Å². The van der Waals surface area contributed by atoms with Crippen molar-refractivity contribution >= 4 is 52.2 Å². The number of anilines is 2. The summed E-state index contributed by atoms with van der Waals surface area (Å²) in [5.74, 6) is -0.298. The van der Waals surface area contributed by atoms with E-state index < -0.39 is 42.3 Å². The molecule has 10 nitrogen and oxygen atoms in total. The topological polar surface area (TPSA) is 121 Å². The third-order valence-electron chi connectivity index (χ3n) is 8.15. The van der Waals surface area contributed by atoms with Crippen LogP contribution in [0.1, 0.15) is 51.0 Å². The zero-order chi connectivity index (χ0) is 35.9. The lowest BCUT2D eigenvalue weighted by Gasteiger charge is -2.39. The van der Waals surface area contributed by atoms with Gasteiger partial charge in [0, 0.05) is 41.9 Å². The Morgan fingerprint density at radius 2 is 1.31 bits per heavy atom. The molecule has 2 N–H and O–H groups in total. The quantitative estimate of drug-likeness (QED) is 0.0791. The molecule has 2 aliphatic rings. The summed E-state index contributed by atoms with van der Waals surface area (Å²) in [6.45, 7) is 1.99. The highest BCUT2D eigenvalue weighted by Crippen LogP contribution is 2.58. The molecule has 3 aromatic carbocycles. The van der Waals surface area contributed by atoms with Crippen LogP contribution in [0.25, 0.3) is 0 Å². The lowest BCUT2D eigenvalue weighted by molar-refractivity contribution is -0.170. The first kappa shape index (κ1) is 36.3. The highest BCUT2D eigenvalue weighted by molar-refractivity contribution is 14.1. The van der Waals surface area contributed by atoms with Crippen molar-refractivity contribution in [2.45, 2.75) is 44.6 Å². The molecule has 1 atom stereocenters. The SMILES string of the molecule is Cc1cc2c(cc1N(CCCON)C(=O)C(F)(F)F)Oc1cc(N(CCCOI)C(=O)C(F)(F)F)c(C)cc1C21OC(=O)c2ccccc21. The molecule has 1 unspecified atom stereocenters. The second kappa shape index (κ2) is 13.8. The molecule has 49 heavy (non-hydrogen) atoms. The summed E-state index contributed by atoms with van der Waals surface area (Å²) >= 11 is 1.58. The fraction of sp³-hybridized carbons (Fsp3) is 0.344. The highest BCUT2D eigenvalue weighted by Gasteiger charge is 2.54. The Morgan fingerprint density at radius 3 is 1.78 bits per heavy atom. The average molecular weight is 807 g/mol. The Hall–Kier alpha value is -3.94. The van der Waals surface area contributed by atoms with E-state index in [0.29, 0.717) is 15.4 Å². The van der Waals surface area contributed by atoms with E-state index in [1.165, 1.54) is 44.2 Å². The molecule has 0 radical (unpaired) electrons. The number of ether oxygens (including phenoxy) is 2. The first-order chi connectivity index (χ1) is 23.1. The maximum Gasteiger partial charge on any atom is 0.471 e. The van der Waals surface area contributed by atoms with Crippen LogP contribution in [-0.4, -0.2) is 56.4 Å². The molecule has 0 saturated carbocycles. The summed E-state index contributed by atoms with van der Waals surface area (Å²) in [5, 5.41) is 0. The summed E-state index contributed by atoms with van der Waals surface area (Å²) < 4.78 is 99.9. The minimum absolute atomic E-state index is 0.0403. The number of rotatable bonds is 10. The highest BCUT2D eigenvalue weighted by atomic mass is 127. The molecule has 0 aromatic heterocycles. The van der Waals surface area contributed by atoms with Crippen LogP contribution >= 0.6 is 23.0 Å². The first-order valence-electron chi connectivity index (χ1n) is 14.7. The molecule has 0 aliphatic carbocycles. The van der Waals surface area contributed by atoms with Gasteiger partial charge >= 0.3 is 30.1 Å². The molecule has 2 heterocycles. The number of amides is 2. The maximum atomic E-state index is 13.8. The number of halogens is 7. The van der Waals surface area contributed by atoms with Gasteiger partial charge in [-0.3, -0.25) is 9.59 Å². The van der Waals surface area contributed by atoms with E-state index >= 15 is 0 Å². The Morgan fingerprint density at radius 1 is 0.816 bits per heavy atom. The summed E-state index contributed by atoms with van der Waals surface area (Å²) in [6, 6.07) is 11.6. The zero-order valence-electron chi connectivity index (χ0n) is 25.8. The van der Waals surface area contributed by atoms with Gasteiger partial charge in [0.05, 0.1) is 30.2 Å². The van der Waals surface area contributed by atoms with E-state index in [1.807, 2.05) is 0 Å². The fourth-order valence-corrected chi connectivity index (χ4v) is 6.40. The molecule has 1 spiro atoms. The lowest BCUT2D eigenvalue weighted by atomic mass is 9.76. The number of hydrogen-bond donors (Lipinski definition) is 1. The molecule has 17 heteroatoms. The van der Waals surface area contributed by atoms with Crippen LogP contribution in [0, 0.1) is 13.8 Å². The van der Waals surface area contributed by atoms with Crippen molar-refractivity contribution in [3.05, 3.63) is 81.9 Å². The predicted molar refractivity (Wildman–Crippen MR) is 170 cm³/mol. The Bertz CT molecular complexity index is 1700. The molecule has 2 aliphatic heterocycles. The van der Waals surface area contributed by atoms with Gasteiger partial charge in [-0.2, -0.15) is 26.3 Å². The number of nitrogens with zero attached hydrogens (tertiary/aromatic N) is 2. The molecule has 5 rings (SSSR count). The number of esters is 1. The van der Waals surface area contributed by atoms with E-state index in [0.717, 1.165) is 0 Å². The third-order valence-corrected chi connectivity index (χ3v) is 8.59. The van der Waals surface area contributed by atoms with Crippen molar-refractivity contribution in [1.82, 2.24) is 0 Å². The Balaban J connectivity index is 1.75. The molecule has 0 saturated heterocycles. The standard InChI is InChI=1S/C32H28F6IN3O7/c1-17-13-21-25(15-23(17)41(9-5-11-46-39)28(44)31(33,34)35)48-26-16-24(42(10-6-12-47-40)29(45)32(36,37)38)18(2)14-22(26)30(21)20-8-4-3-7-19(20)27(43)49-30/h3-4,7-8,13-16H,5-6,9-12,40H2,1-2H3. The van der Waals surface area contributed by atoms with Gasteiger partial charge in [-0.25, -0.2) is 10.7 Å². The van der Waals surface area contributed by atoms with Gasteiger partial charge in [0.1, 0.15) is 34.5 Å². The number of aryl methyl sites for hydroxylation is 2. The van der Waals surface area contributed by atoms with E-state index in [-0.39, 0.29) is 83.3 Å². The number of carbonyl (C=O) groups excluding carboxylic acids is 3. The Labute approximate surface area is 289 Å². The van der Waals surface area contributed by atoms with Crippen LogP contribution in [0.5, 0.6) is 11.5 Å². The van der Waals surface area contributed by atoms with Crippen molar-refractivity contribution in [2.75, 3.05) is 36.1 Å². The Kier molecular flexibility index (Phi) is 10.2. The summed E-state index contributed by atoms with van der Waals surface area (Å²) in [4.78, 5) is 44.1. The minimum Gasteiger partial charge on any atom is -0.456 e. The van der Waals surface area contributed by atoms with E-state index in [9.17, 15) is 40.7 Å². The van der Waals surface area contributed by atoms with E-state index in [4.69, 9.17) is 18.4 Å². The smallest absolute Gasteiger partial charge is 0.456 e.